The Kier molecular flexibility index (Phi) is 5.27. The van der Waals surface area contributed by atoms with Gasteiger partial charge < -0.3 is 10.2 Å². The Morgan fingerprint density at radius 1 is 1.28 bits per heavy atom. The molecule has 1 aliphatic carbocycles. The van der Waals surface area contributed by atoms with Gasteiger partial charge in [0.05, 0.1) is 11.5 Å². The summed E-state index contributed by atoms with van der Waals surface area (Å²) < 4.78 is 23.6. The van der Waals surface area contributed by atoms with Crippen LogP contribution < -0.4 is 10.2 Å². The van der Waals surface area contributed by atoms with Crippen molar-refractivity contribution in [2.45, 2.75) is 58.0 Å². The third kappa shape index (κ3) is 4.29. The molecule has 0 aromatic carbocycles. The van der Waals surface area contributed by atoms with Crippen molar-refractivity contribution in [2.75, 3.05) is 23.0 Å². The van der Waals surface area contributed by atoms with Gasteiger partial charge in [0.25, 0.3) is 5.91 Å². The first-order valence-corrected chi connectivity index (χ1v) is 10.8. The molecule has 7 nitrogen and oxygen atoms in total. The molecule has 0 radical (unpaired) electrons. The number of nitrogens with zero attached hydrogens (tertiary/aromatic N) is 3. The number of anilines is 1. The van der Waals surface area contributed by atoms with E-state index in [0.29, 0.717) is 30.3 Å². The molecule has 1 atom stereocenters. The fourth-order valence-corrected chi connectivity index (χ4v) is 5.44. The van der Waals surface area contributed by atoms with E-state index in [4.69, 9.17) is 0 Å². The number of amides is 1. The van der Waals surface area contributed by atoms with Crippen molar-refractivity contribution >= 4 is 21.7 Å². The molecule has 2 heterocycles. The Bertz CT molecular complexity index is 744. The van der Waals surface area contributed by atoms with E-state index in [-0.39, 0.29) is 29.5 Å². The predicted molar refractivity (Wildman–Crippen MR) is 96.6 cm³/mol. The van der Waals surface area contributed by atoms with Crippen molar-refractivity contribution in [1.82, 2.24) is 15.3 Å². The largest absolute Gasteiger partial charge is 0.348 e. The van der Waals surface area contributed by atoms with Crippen LogP contribution in [0, 0.1) is 6.92 Å². The maximum absolute atomic E-state index is 12.5. The first-order chi connectivity index (χ1) is 11.9. The molecular formula is C17H26N4O3S. The van der Waals surface area contributed by atoms with Gasteiger partial charge in [0, 0.05) is 24.3 Å². The van der Waals surface area contributed by atoms with Crippen molar-refractivity contribution < 1.29 is 13.2 Å². The third-order valence-electron chi connectivity index (χ3n) is 5.01. The van der Waals surface area contributed by atoms with Crippen molar-refractivity contribution in [2.24, 2.45) is 0 Å². The molecule has 1 unspecified atom stereocenters. The van der Waals surface area contributed by atoms with Gasteiger partial charge >= 0.3 is 0 Å². The van der Waals surface area contributed by atoms with Gasteiger partial charge in [0.1, 0.15) is 5.69 Å². The molecule has 0 spiro atoms. The summed E-state index contributed by atoms with van der Waals surface area (Å²) in [6.45, 7) is 4.39. The van der Waals surface area contributed by atoms with Crippen molar-refractivity contribution in [3.05, 3.63) is 17.5 Å². The lowest BCUT2D eigenvalue weighted by Gasteiger charge is -2.27. The molecular weight excluding hydrogens is 340 g/mol. The highest BCUT2D eigenvalue weighted by Gasteiger charge is 2.33. The molecule has 1 aromatic heterocycles. The van der Waals surface area contributed by atoms with Crippen LogP contribution in [0.25, 0.3) is 0 Å². The smallest absolute Gasteiger partial charge is 0.270 e. The van der Waals surface area contributed by atoms with Crippen LogP contribution in [0.3, 0.4) is 0 Å². The summed E-state index contributed by atoms with van der Waals surface area (Å²) in [5.74, 6) is 0.603. The van der Waals surface area contributed by atoms with Gasteiger partial charge in [0.2, 0.25) is 5.95 Å². The Labute approximate surface area is 149 Å². The number of aryl methyl sites for hydroxylation is 1. The highest BCUT2D eigenvalue weighted by molar-refractivity contribution is 7.91. The van der Waals surface area contributed by atoms with Crippen LogP contribution in [0.4, 0.5) is 5.95 Å². The molecule has 1 N–H and O–H groups in total. The first-order valence-electron chi connectivity index (χ1n) is 9.01. The number of nitrogens with one attached hydrogen (secondary N) is 1. The van der Waals surface area contributed by atoms with Gasteiger partial charge in [-0.05, 0) is 39.2 Å². The van der Waals surface area contributed by atoms with E-state index in [2.05, 4.69) is 15.3 Å². The van der Waals surface area contributed by atoms with Gasteiger partial charge in [-0.2, -0.15) is 0 Å². The highest BCUT2D eigenvalue weighted by Crippen LogP contribution is 2.23. The number of carbonyl (C=O) groups is 1. The monoisotopic (exact) mass is 366 g/mol. The summed E-state index contributed by atoms with van der Waals surface area (Å²) in [7, 11) is -2.99. The lowest BCUT2D eigenvalue weighted by molar-refractivity contribution is 0.0932. The van der Waals surface area contributed by atoms with E-state index in [1.165, 1.54) is 0 Å². The van der Waals surface area contributed by atoms with E-state index in [9.17, 15) is 13.2 Å². The van der Waals surface area contributed by atoms with Crippen molar-refractivity contribution in [3.63, 3.8) is 0 Å². The minimum atomic E-state index is -2.99. The second kappa shape index (κ2) is 7.27. The Morgan fingerprint density at radius 2 is 2.00 bits per heavy atom. The minimum Gasteiger partial charge on any atom is -0.348 e. The first kappa shape index (κ1) is 18.1. The fourth-order valence-electron chi connectivity index (χ4n) is 3.71. The van der Waals surface area contributed by atoms with E-state index < -0.39 is 9.84 Å². The zero-order valence-corrected chi connectivity index (χ0v) is 15.7. The Balaban J connectivity index is 1.81. The Morgan fingerprint density at radius 3 is 2.60 bits per heavy atom. The average Bonchev–Trinajstić information content (AvgIpc) is 3.17. The standard InChI is InChI=1S/C17H26N4O3S/c1-3-21(14-8-9-25(23,24)11-14)17-18-12(2)10-15(20-17)16(22)19-13-6-4-5-7-13/h10,13-14H,3-9,11H2,1-2H3,(H,19,22). The second-order valence-electron chi connectivity index (χ2n) is 6.99. The van der Waals surface area contributed by atoms with Gasteiger partial charge in [-0.1, -0.05) is 12.8 Å². The molecule has 138 valence electrons. The summed E-state index contributed by atoms with van der Waals surface area (Å²) in [5.41, 5.74) is 1.06. The summed E-state index contributed by atoms with van der Waals surface area (Å²) in [4.78, 5) is 23.3. The summed E-state index contributed by atoms with van der Waals surface area (Å²) in [6, 6.07) is 1.79. The fraction of sp³-hybridized carbons (Fsp3) is 0.706. The lowest BCUT2D eigenvalue weighted by Crippen LogP contribution is -2.38. The SMILES string of the molecule is CCN(c1nc(C)cc(C(=O)NC2CCCC2)n1)C1CCS(=O)(=O)C1. The number of hydrogen-bond acceptors (Lipinski definition) is 6. The lowest BCUT2D eigenvalue weighted by atomic mass is 10.2. The number of carbonyl (C=O) groups excluding carboxylic acids is 1. The minimum absolute atomic E-state index is 0.123. The van der Waals surface area contributed by atoms with Crippen molar-refractivity contribution in [1.29, 1.82) is 0 Å². The number of sulfone groups is 1. The zero-order chi connectivity index (χ0) is 18.0. The third-order valence-corrected chi connectivity index (χ3v) is 6.76. The van der Waals surface area contributed by atoms with Crippen LogP contribution in [0.15, 0.2) is 6.07 Å². The van der Waals surface area contributed by atoms with E-state index in [1.54, 1.807) is 6.07 Å². The van der Waals surface area contributed by atoms with Gasteiger partial charge in [-0.15, -0.1) is 0 Å². The molecule has 2 aliphatic rings. The van der Waals surface area contributed by atoms with Crippen LogP contribution in [-0.2, 0) is 9.84 Å². The van der Waals surface area contributed by atoms with Gasteiger partial charge in [0.15, 0.2) is 9.84 Å². The maximum atomic E-state index is 12.5. The molecule has 1 aromatic rings. The summed E-state index contributed by atoms with van der Waals surface area (Å²) >= 11 is 0. The van der Waals surface area contributed by atoms with Gasteiger partial charge in [-0.3, -0.25) is 4.79 Å². The molecule has 1 saturated carbocycles. The van der Waals surface area contributed by atoms with Gasteiger partial charge in [-0.25, -0.2) is 18.4 Å². The summed E-state index contributed by atoms with van der Waals surface area (Å²) in [5, 5.41) is 3.05. The second-order valence-corrected chi connectivity index (χ2v) is 9.22. The van der Waals surface area contributed by atoms with Crippen LogP contribution in [-0.4, -0.2) is 54.4 Å². The Hall–Kier alpha value is -1.70. The van der Waals surface area contributed by atoms with Crippen LogP contribution in [0.5, 0.6) is 0 Å². The van der Waals surface area contributed by atoms with E-state index >= 15 is 0 Å². The highest BCUT2D eigenvalue weighted by atomic mass is 32.2. The van der Waals surface area contributed by atoms with E-state index in [0.717, 1.165) is 25.7 Å². The summed E-state index contributed by atoms with van der Waals surface area (Å²) in [6.07, 6.45) is 4.92. The predicted octanol–water partition coefficient (Wildman–Crippen LogP) is 1.47. The van der Waals surface area contributed by atoms with Crippen LogP contribution in [0.1, 0.15) is 55.2 Å². The molecule has 2 fully saturated rings. The number of rotatable bonds is 5. The maximum Gasteiger partial charge on any atom is 0.270 e. The molecule has 1 amide bonds. The molecule has 1 saturated heterocycles. The quantitative estimate of drug-likeness (QED) is 0.848. The van der Waals surface area contributed by atoms with Crippen molar-refractivity contribution in [3.8, 4) is 0 Å². The zero-order valence-electron chi connectivity index (χ0n) is 14.9. The normalized spacial score (nSPS) is 22.9. The molecule has 8 heteroatoms. The number of hydrogen-bond donors (Lipinski definition) is 1. The molecule has 25 heavy (non-hydrogen) atoms. The molecule has 1 aliphatic heterocycles. The van der Waals surface area contributed by atoms with E-state index in [1.807, 2.05) is 18.7 Å². The molecule has 3 rings (SSSR count). The number of aromatic nitrogens is 2. The topological polar surface area (TPSA) is 92.3 Å². The molecule has 0 bridgehead atoms. The van der Waals surface area contributed by atoms with Crippen LogP contribution >= 0.6 is 0 Å². The average molecular weight is 366 g/mol. The van der Waals surface area contributed by atoms with Crippen LogP contribution in [0.2, 0.25) is 0 Å².